The van der Waals surface area contributed by atoms with Gasteiger partial charge in [-0.25, -0.2) is 0 Å². The van der Waals surface area contributed by atoms with Gasteiger partial charge < -0.3 is 0 Å². The summed E-state index contributed by atoms with van der Waals surface area (Å²) in [5.74, 6) is 0.388. The fraction of sp³-hybridized carbons (Fsp3) is 0.409. The van der Waals surface area contributed by atoms with Crippen molar-refractivity contribution in [3.8, 4) is 41.8 Å². The quantitative estimate of drug-likeness (QED) is 0.0909. The van der Waals surface area contributed by atoms with Crippen molar-refractivity contribution in [1.29, 1.82) is 0 Å². The van der Waals surface area contributed by atoms with E-state index in [0.29, 0.717) is 78.4 Å². The highest BCUT2D eigenvalue weighted by molar-refractivity contribution is 7.58. The van der Waals surface area contributed by atoms with E-state index in [1.54, 1.807) is 24.3 Å². The number of fused-ring (bicyclic) bond motifs is 2. The Labute approximate surface area is 351 Å². The highest BCUT2D eigenvalue weighted by atomic mass is 32.1. The monoisotopic (exact) mass is 870 g/mol. The molecule has 0 bridgehead atoms. The first kappa shape index (κ1) is 42.4. The van der Waals surface area contributed by atoms with Crippen molar-refractivity contribution in [2.45, 2.75) is 104 Å². The minimum absolute atomic E-state index is 0.194. The molecule has 58 heavy (non-hydrogen) atoms. The number of alkyl halides is 6. The Morgan fingerprint density at radius 2 is 0.966 bits per heavy atom. The number of thiophene rings is 2. The summed E-state index contributed by atoms with van der Waals surface area (Å²) in [7, 11) is 0. The SMILES string of the molecule is CCCCC(CC)Cc1ccc(-c2ccc(-c3c4c(c(-c5ccc(-c6ccc(CC(CC)CCCC)c(C(F)(F)F)c6)s5)c5nsnc35)N=S=N4)s2)cc1C(F)(F)F. The van der Waals surface area contributed by atoms with Gasteiger partial charge in [-0.3, -0.25) is 0 Å². The van der Waals surface area contributed by atoms with E-state index in [-0.39, 0.29) is 11.8 Å². The van der Waals surface area contributed by atoms with Gasteiger partial charge in [-0.15, -0.1) is 22.7 Å². The van der Waals surface area contributed by atoms with Gasteiger partial charge in [0.15, 0.2) is 0 Å². The smallest absolute Gasteiger partial charge is 0.172 e. The van der Waals surface area contributed by atoms with Gasteiger partial charge in [0.2, 0.25) is 0 Å². The van der Waals surface area contributed by atoms with Crippen LogP contribution in [0.2, 0.25) is 0 Å². The molecule has 3 aromatic heterocycles. The number of hydrogen-bond acceptors (Lipinski definition) is 7. The summed E-state index contributed by atoms with van der Waals surface area (Å²) in [6.45, 7) is 8.26. The van der Waals surface area contributed by atoms with Crippen molar-refractivity contribution in [3.05, 3.63) is 82.9 Å². The maximum absolute atomic E-state index is 14.5. The number of unbranched alkanes of at least 4 members (excludes halogenated alkanes) is 2. The molecule has 0 fully saturated rings. The van der Waals surface area contributed by atoms with Gasteiger partial charge in [-0.05, 0) is 83.3 Å². The molecule has 14 heteroatoms. The van der Waals surface area contributed by atoms with Gasteiger partial charge in [-0.1, -0.05) is 103 Å². The summed E-state index contributed by atoms with van der Waals surface area (Å²) < 4.78 is 106. The van der Waals surface area contributed by atoms with Crippen LogP contribution in [0.5, 0.6) is 0 Å². The van der Waals surface area contributed by atoms with Gasteiger partial charge in [0.05, 0.1) is 34.2 Å². The molecule has 4 nitrogen and oxygen atoms in total. The molecule has 1 aliphatic rings. The second-order valence-corrected chi connectivity index (χ2v) is 18.2. The molecule has 6 aromatic rings. The summed E-state index contributed by atoms with van der Waals surface area (Å²) in [6.07, 6.45) is -0.718. The van der Waals surface area contributed by atoms with Crippen LogP contribution in [0, 0.1) is 11.8 Å². The molecule has 2 unspecified atom stereocenters. The lowest BCUT2D eigenvalue weighted by Crippen LogP contribution is -2.13. The predicted molar refractivity (Wildman–Crippen MR) is 230 cm³/mol. The van der Waals surface area contributed by atoms with E-state index in [2.05, 4.69) is 31.3 Å². The van der Waals surface area contributed by atoms with Crippen LogP contribution in [0.15, 0.2) is 69.4 Å². The summed E-state index contributed by atoms with van der Waals surface area (Å²) in [5, 5.41) is 0. The Morgan fingerprint density at radius 3 is 1.34 bits per heavy atom. The number of hydrogen-bond donors (Lipinski definition) is 0. The molecule has 7 rings (SSSR count). The Bertz CT molecular complexity index is 2310. The first-order chi connectivity index (χ1) is 27.8. The molecule has 0 spiro atoms. The molecular formula is C44H44F6N4S4. The van der Waals surface area contributed by atoms with Crippen molar-refractivity contribution in [1.82, 2.24) is 8.75 Å². The van der Waals surface area contributed by atoms with Crippen LogP contribution in [-0.2, 0) is 36.5 Å². The molecule has 306 valence electrons. The number of benzene rings is 3. The van der Waals surface area contributed by atoms with Crippen LogP contribution in [-0.4, -0.2) is 8.75 Å². The Balaban J connectivity index is 1.23. The summed E-state index contributed by atoms with van der Waals surface area (Å²) in [5.41, 5.74) is 4.20. The summed E-state index contributed by atoms with van der Waals surface area (Å²) in [4.78, 5) is 2.90. The third kappa shape index (κ3) is 8.90. The van der Waals surface area contributed by atoms with E-state index in [1.807, 2.05) is 38.1 Å². The van der Waals surface area contributed by atoms with Crippen LogP contribution in [0.25, 0.3) is 52.8 Å². The standard InChI is InChI=1S/C44H44F6N4S4/c1-5-9-11-25(7-3)21-27-13-15-29(23-31(27)43(45,46)47)33-17-19-35(55-33)37-39-41(53-57-51-39)38(42-40(37)52-58-54-42)36-20-18-34(56-36)30-16-14-28(32(24-30)44(48,49)50)22-26(8-4)12-10-6-2/h13-20,23-26H,5-12,21-22H2,1-4H3. The normalized spacial score (nSPS) is 14.0. The van der Waals surface area contributed by atoms with Gasteiger partial charge in [0.25, 0.3) is 0 Å². The molecule has 0 amide bonds. The second kappa shape index (κ2) is 17.9. The summed E-state index contributed by atoms with van der Waals surface area (Å²) in [6, 6.07) is 16.8. The van der Waals surface area contributed by atoms with E-state index in [1.165, 1.54) is 34.8 Å². The molecule has 3 aromatic carbocycles. The third-order valence-electron chi connectivity index (χ3n) is 11.1. The lowest BCUT2D eigenvalue weighted by molar-refractivity contribution is -0.139. The minimum atomic E-state index is -4.49. The zero-order valence-electron chi connectivity index (χ0n) is 32.7. The van der Waals surface area contributed by atoms with Gasteiger partial charge in [0, 0.05) is 30.6 Å². The van der Waals surface area contributed by atoms with Gasteiger partial charge >= 0.3 is 12.4 Å². The molecule has 4 heterocycles. The van der Waals surface area contributed by atoms with Crippen LogP contribution in [0.1, 0.15) is 101 Å². The van der Waals surface area contributed by atoms with Crippen molar-refractivity contribution in [2.75, 3.05) is 0 Å². The minimum Gasteiger partial charge on any atom is -0.172 e. The highest BCUT2D eigenvalue weighted by Crippen LogP contribution is 2.55. The van der Waals surface area contributed by atoms with Crippen molar-refractivity contribution in [3.63, 3.8) is 0 Å². The van der Waals surface area contributed by atoms with Crippen molar-refractivity contribution < 1.29 is 26.3 Å². The second-order valence-electron chi connectivity index (χ2n) is 15.0. The number of halogens is 6. The number of aromatic nitrogens is 2. The fourth-order valence-corrected chi connectivity index (χ4v) is 11.0. The lowest BCUT2D eigenvalue weighted by atomic mass is 9.89. The van der Waals surface area contributed by atoms with Crippen molar-refractivity contribution in [2.24, 2.45) is 20.6 Å². The van der Waals surface area contributed by atoms with E-state index in [0.717, 1.165) is 84.2 Å². The third-order valence-corrected chi connectivity index (χ3v) is 14.5. The fourth-order valence-electron chi connectivity index (χ4n) is 7.83. The largest absolute Gasteiger partial charge is 0.416 e. The van der Waals surface area contributed by atoms with Crippen LogP contribution < -0.4 is 0 Å². The average molecular weight is 871 g/mol. The first-order valence-electron chi connectivity index (χ1n) is 19.9. The predicted octanol–water partition coefficient (Wildman–Crippen LogP) is 16.8. The van der Waals surface area contributed by atoms with Crippen molar-refractivity contribution >= 4 is 68.2 Å². The van der Waals surface area contributed by atoms with E-state index >= 15 is 0 Å². The lowest BCUT2D eigenvalue weighted by Gasteiger charge is -2.19. The molecule has 0 aliphatic carbocycles. The Kier molecular flexibility index (Phi) is 13.1. The Hall–Kier alpha value is -3.72. The maximum Gasteiger partial charge on any atom is 0.416 e. The molecule has 0 saturated carbocycles. The van der Waals surface area contributed by atoms with Crippen LogP contribution >= 0.6 is 34.4 Å². The van der Waals surface area contributed by atoms with Gasteiger partial charge in [0.1, 0.15) is 22.4 Å². The zero-order chi connectivity index (χ0) is 41.2. The number of rotatable bonds is 16. The molecule has 0 radical (unpaired) electrons. The molecular weight excluding hydrogens is 827 g/mol. The maximum atomic E-state index is 14.5. The van der Waals surface area contributed by atoms with E-state index in [9.17, 15) is 26.3 Å². The molecule has 0 N–H and O–H groups in total. The molecule has 0 saturated heterocycles. The summed E-state index contributed by atoms with van der Waals surface area (Å²) >= 11 is 4.79. The average Bonchev–Trinajstić information content (AvgIpc) is 4.04. The van der Waals surface area contributed by atoms with E-state index in [4.69, 9.17) is 0 Å². The van der Waals surface area contributed by atoms with Crippen LogP contribution in [0.3, 0.4) is 0 Å². The number of nitrogens with zero attached hydrogens (tertiary/aromatic N) is 4. The van der Waals surface area contributed by atoms with E-state index < -0.39 is 23.5 Å². The molecule has 1 aliphatic heterocycles. The van der Waals surface area contributed by atoms with Crippen LogP contribution in [0.4, 0.5) is 37.7 Å². The van der Waals surface area contributed by atoms with Gasteiger partial charge in [-0.2, -0.15) is 43.8 Å². The Morgan fingerprint density at radius 1 is 0.552 bits per heavy atom. The zero-order valence-corrected chi connectivity index (χ0v) is 36.0. The first-order valence-corrected chi connectivity index (χ1v) is 23.0. The topological polar surface area (TPSA) is 50.5 Å². The highest BCUT2D eigenvalue weighted by Gasteiger charge is 2.36. The molecule has 2 atom stereocenters.